The quantitative estimate of drug-likeness (QED) is 0.836. The van der Waals surface area contributed by atoms with Gasteiger partial charge in [0.2, 0.25) is 17.6 Å². The predicted octanol–water partition coefficient (Wildman–Crippen LogP) is 2.87. The molecule has 0 aliphatic heterocycles. The molecule has 4 rings (SSSR count). The second-order valence-corrected chi connectivity index (χ2v) is 7.27. The van der Waals surface area contributed by atoms with E-state index in [2.05, 4.69) is 10.1 Å². The van der Waals surface area contributed by atoms with Crippen molar-refractivity contribution < 1.29 is 14.1 Å². The maximum Gasteiger partial charge on any atom is 0.230 e. The first-order valence-electron chi connectivity index (χ1n) is 8.85. The van der Waals surface area contributed by atoms with E-state index in [1.54, 1.807) is 4.90 Å². The number of aromatic nitrogens is 2. The summed E-state index contributed by atoms with van der Waals surface area (Å²) in [5.74, 6) is 3.01. The Hall–Kier alpha value is -2.37. The van der Waals surface area contributed by atoms with Crippen LogP contribution in [0.1, 0.15) is 36.9 Å². The number of carbonyl (C=O) groups is 1. The number of nitrogens with zero attached hydrogens (tertiary/aromatic N) is 3. The molecule has 2 aromatic rings. The van der Waals surface area contributed by atoms with Gasteiger partial charge in [-0.2, -0.15) is 4.98 Å². The number of hydrogen-bond acceptors (Lipinski definition) is 5. The molecule has 0 radical (unpaired) electrons. The average molecular weight is 341 g/mol. The number of rotatable bonds is 5. The van der Waals surface area contributed by atoms with Gasteiger partial charge >= 0.3 is 0 Å². The minimum Gasteiger partial charge on any atom is -0.485 e. The Bertz CT molecular complexity index is 743. The predicted molar refractivity (Wildman–Crippen MR) is 90.8 cm³/mol. The van der Waals surface area contributed by atoms with E-state index in [9.17, 15) is 4.79 Å². The van der Waals surface area contributed by atoms with Crippen LogP contribution >= 0.6 is 0 Å². The number of hydrogen-bond donors (Lipinski definition) is 0. The van der Waals surface area contributed by atoms with E-state index in [0.29, 0.717) is 23.6 Å². The SMILES string of the molecule is CN(C)C(=O)[C@H]1[C@H]2CC[C@H](C2)[C@@H]1c1nc(COc2ccccc2)no1. The lowest BCUT2D eigenvalue weighted by atomic mass is 9.78. The van der Waals surface area contributed by atoms with Gasteiger partial charge in [-0.3, -0.25) is 4.79 Å². The molecule has 2 fully saturated rings. The first-order chi connectivity index (χ1) is 12.1. The second kappa shape index (κ2) is 6.50. The maximum absolute atomic E-state index is 12.6. The van der Waals surface area contributed by atoms with Crippen molar-refractivity contribution in [1.29, 1.82) is 0 Å². The van der Waals surface area contributed by atoms with Crippen LogP contribution in [0.5, 0.6) is 5.75 Å². The van der Waals surface area contributed by atoms with Gasteiger partial charge in [0.1, 0.15) is 5.75 Å². The molecule has 0 N–H and O–H groups in total. The molecule has 25 heavy (non-hydrogen) atoms. The van der Waals surface area contributed by atoms with Gasteiger partial charge < -0.3 is 14.2 Å². The first kappa shape index (κ1) is 16.1. The summed E-state index contributed by atoms with van der Waals surface area (Å²) < 4.78 is 11.2. The molecule has 0 unspecified atom stereocenters. The third-order valence-corrected chi connectivity index (χ3v) is 5.52. The highest BCUT2D eigenvalue weighted by atomic mass is 16.5. The molecule has 0 saturated heterocycles. The van der Waals surface area contributed by atoms with Gasteiger partial charge in [-0.05, 0) is 43.2 Å². The molecule has 2 saturated carbocycles. The lowest BCUT2D eigenvalue weighted by Gasteiger charge is -2.29. The van der Waals surface area contributed by atoms with E-state index in [1.165, 1.54) is 0 Å². The summed E-state index contributed by atoms with van der Waals surface area (Å²) in [5.41, 5.74) is 0. The summed E-state index contributed by atoms with van der Waals surface area (Å²) in [6, 6.07) is 9.56. The minimum absolute atomic E-state index is 0.0305. The number of amides is 1. The van der Waals surface area contributed by atoms with Crippen LogP contribution in [-0.4, -0.2) is 35.0 Å². The van der Waals surface area contributed by atoms with Crippen LogP contribution < -0.4 is 4.74 Å². The van der Waals surface area contributed by atoms with E-state index < -0.39 is 0 Å². The first-order valence-corrected chi connectivity index (χ1v) is 8.85. The Balaban J connectivity index is 1.49. The van der Waals surface area contributed by atoms with Crippen LogP contribution in [0.4, 0.5) is 0 Å². The van der Waals surface area contributed by atoms with Crippen LogP contribution in [0.3, 0.4) is 0 Å². The van der Waals surface area contributed by atoms with Crippen LogP contribution in [0.25, 0.3) is 0 Å². The largest absolute Gasteiger partial charge is 0.485 e. The minimum atomic E-state index is -0.0305. The molecule has 2 aliphatic carbocycles. The van der Waals surface area contributed by atoms with Gasteiger partial charge in [-0.15, -0.1) is 0 Å². The summed E-state index contributed by atoms with van der Waals surface area (Å²) in [5, 5.41) is 4.06. The van der Waals surface area contributed by atoms with Gasteiger partial charge in [-0.1, -0.05) is 23.4 Å². The highest BCUT2D eigenvalue weighted by Gasteiger charge is 2.53. The Labute approximate surface area is 147 Å². The number of carbonyl (C=O) groups excluding carboxylic acids is 1. The van der Waals surface area contributed by atoms with Gasteiger partial charge in [-0.25, -0.2) is 0 Å². The highest BCUT2D eigenvalue weighted by molar-refractivity contribution is 5.80. The summed E-state index contributed by atoms with van der Waals surface area (Å²) in [7, 11) is 3.64. The standard InChI is InChI=1S/C19H23N3O3/c1-22(2)19(23)17-13-9-8-12(10-13)16(17)18-20-15(21-25-18)11-24-14-6-4-3-5-7-14/h3-7,12-13,16-17H,8-11H2,1-2H3/t12-,13+,16+,17+/m1/s1. The lowest BCUT2D eigenvalue weighted by molar-refractivity contribution is -0.135. The molecule has 2 aliphatic rings. The van der Waals surface area contributed by atoms with Gasteiger partial charge in [0, 0.05) is 14.1 Å². The monoisotopic (exact) mass is 341 g/mol. The highest BCUT2D eigenvalue weighted by Crippen LogP contribution is 2.56. The molecule has 0 spiro atoms. The lowest BCUT2D eigenvalue weighted by Crippen LogP contribution is -2.36. The smallest absolute Gasteiger partial charge is 0.230 e. The molecule has 6 heteroatoms. The van der Waals surface area contributed by atoms with E-state index in [0.717, 1.165) is 25.0 Å². The Morgan fingerprint density at radius 2 is 2.00 bits per heavy atom. The van der Waals surface area contributed by atoms with E-state index in [4.69, 9.17) is 9.26 Å². The van der Waals surface area contributed by atoms with Gasteiger partial charge in [0.15, 0.2) is 6.61 Å². The topological polar surface area (TPSA) is 68.5 Å². The summed E-state index contributed by atoms with van der Waals surface area (Å²) in [4.78, 5) is 18.9. The fourth-order valence-electron chi connectivity index (χ4n) is 4.43. The molecule has 4 atom stereocenters. The van der Waals surface area contributed by atoms with Crippen LogP contribution in [0.15, 0.2) is 34.9 Å². The van der Waals surface area contributed by atoms with Crippen molar-refractivity contribution in [1.82, 2.24) is 15.0 Å². The van der Waals surface area contributed by atoms with E-state index >= 15 is 0 Å². The van der Waals surface area contributed by atoms with Crippen LogP contribution in [0, 0.1) is 17.8 Å². The Kier molecular flexibility index (Phi) is 4.19. The van der Waals surface area contributed by atoms with Gasteiger partial charge in [0.25, 0.3) is 0 Å². The molecular formula is C19H23N3O3. The number of ether oxygens (including phenoxy) is 1. The van der Waals surface area contributed by atoms with Crippen molar-refractivity contribution in [2.45, 2.75) is 31.8 Å². The third-order valence-electron chi connectivity index (χ3n) is 5.52. The molecule has 1 aromatic carbocycles. The number of para-hydroxylation sites is 1. The molecule has 6 nitrogen and oxygen atoms in total. The summed E-state index contributed by atoms with van der Waals surface area (Å²) in [6.45, 7) is 0.265. The third kappa shape index (κ3) is 3.01. The number of fused-ring (bicyclic) bond motifs is 2. The molecule has 1 heterocycles. The molecule has 132 valence electrons. The zero-order valence-corrected chi connectivity index (χ0v) is 14.6. The van der Waals surface area contributed by atoms with Crippen molar-refractivity contribution in [2.24, 2.45) is 17.8 Å². The molecule has 1 aromatic heterocycles. The Morgan fingerprint density at radius 1 is 1.24 bits per heavy atom. The Morgan fingerprint density at radius 3 is 2.76 bits per heavy atom. The van der Waals surface area contributed by atoms with Crippen LogP contribution in [-0.2, 0) is 11.4 Å². The fraction of sp³-hybridized carbons (Fsp3) is 0.526. The zero-order chi connectivity index (χ0) is 17.4. The van der Waals surface area contributed by atoms with E-state index in [-0.39, 0.29) is 24.3 Å². The van der Waals surface area contributed by atoms with Gasteiger partial charge in [0.05, 0.1) is 11.8 Å². The van der Waals surface area contributed by atoms with Crippen molar-refractivity contribution in [3.63, 3.8) is 0 Å². The number of benzene rings is 1. The zero-order valence-electron chi connectivity index (χ0n) is 14.6. The summed E-state index contributed by atoms with van der Waals surface area (Å²) in [6.07, 6.45) is 3.36. The van der Waals surface area contributed by atoms with Crippen molar-refractivity contribution in [2.75, 3.05) is 14.1 Å². The van der Waals surface area contributed by atoms with E-state index in [1.807, 2.05) is 44.4 Å². The van der Waals surface area contributed by atoms with Crippen molar-refractivity contribution in [3.8, 4) is 5.75 Å². The molecule has 2 bridgehead atoms. The second-order valence-electron chi connectivity index (χ2n) is 7.27. The normalized spacial score (nSPS) is 27.4. The fourth-order valence-corrected chi connectivity index (χ4v) is 4.43. The molecular weight excluding hydrogens is 318 g/mol. The average Bonchev–Trinajstić information content (AvgIpc) is 3.35. The molecule has 1 amide bonds. The summed E-state index contributed by atoms with van der Waals surface area (Å²) >= 11 is 0. The van der Waals surface area contributed by atoms with Crippen molar-refractivity contribution in [3.05, 3.63) is 42.0 Å². The van der Waals surface area contributed by atoms with Crippen LogP contribution in [0.2, 0.25) is 0 Å². The maximum atomic E-state index is 12.6. The van der Waals surface area contributed by atoms with Crippen molar-refractivity contribution >= 4 is 5.91 Å².